The minimum absolute atomic E-state index is 0.526. The summed E-state index contributed by atoms with van der Waals surface area (Å²) in [6.45, 7) is 1.24. The highest BCUT2D eigenvalue weighted by Gasteiger charge is 2.10. The van der Waals surface area contributed by atoms with Crippen molar-refractivity contribution in [2.45, 2.75) is 13.1 Å². The van der Waals surface area contributed by atoms with Crippen molar-refractivity contribution in [3.63, 3.8) is 0 Å². The Morgan fingerprint density at radius 3 is 2.74 bits per heavy atom. The third-order valence-corrected chi connectivity index (χ3v) is 2.86. The minimum atomic E-state index is 0.526. The molecule has 2 N–H and O–H groups in total. The van der Waals surface area contributed by atoms with E-state index in [-0.39, 0.29) is 0 Å². The molecule has 19 heavy (non-hydrogen) atoms. The van der Waals surface area contributed by atoms with E-state index >= 15 is 0 Å². The Bertz CT molecular complexity index is 531. The summed E-state index contributed by atoms with van der Waals surface area (Å²) < 4.78 is 10.4. The summed E-state index contributed by atoms with van der Waals surface area (Å²) in [5.41, 5.74) is 1.00. The zero-order valence-corrected chi connectivity index (χ0v) is 11.5. The number of H-pyrrole nitrogens is 1. The molecule has 0 atom stereocenters. The molecule has 0 radical (unpaired) electrons. The van der Waals surface area contributed by atoms with E-state index in [2.05, 4.69) is 20.5 Å². The molecule has 2 rings (SSSR count). The Kier molecular flexibility index (Phi) is 4.59. The standard InChI is InChI=1S/C12H15ClN4O2/c1-18-10-4-8(3-9(13)12(10)19-2)5-14-6-11-15-7-16-17-11/h3-4,7,14H,5-6H2,1-2H3,(H,15,16,17). The van der Waals surface area contributed by atoms with Crippen LogP contribution >= 0.6 is 11.6 Å². The predicted octanol–water partition coefficient (Wildman–Crippen LogP) is 1.77. The van der Waals surface area contributed by atoms with Gasteiger partial charge in [-0.25, -0.2) is 4.98 Å². The first-order valence-electron chi connectivity index (χ1n) is 5.70. The Hall–Kier alpha value is -1.79. The number of ether oxygens (including phenoxy) is 2. The van der Waals surface area contributed by atoms with Gasteiger partial charge in [0.25, 0.3) is 0 Å². The number of aromatic nitrogens is 3. The Labute approximate surface area is 116 Å². The van der Waals surface area contributed by atoms with Crippen molar-refractivity contribution in [1.82, 2.24) is 20.5 Å². The fourth-order valence-electron chi connectivity index (χ4n) is 1.71. The number of aromatic amines is 1. The summed E-state index contributed by atoms with van der Waals surface area (Å²) in [4.78, 5) is 4.03. The molecule has 1 aromatic carbocycles. The highest BCUT2D eigenvalue weighted by atomic mass is 35.5. The van der Waals surface area contributed by atoms with Crippen molar-refractivity contribution in [2.75, 3.05) is 14.2 Å². The van der Waals surface area contributed by atoms with Gasteiger partial charge in [-0.3, -0.25) is 5.10 Å². The maximum atomic E-state index is 6.13. The number of halogens is 1. The molecule has 0 aliphatic rings. The number of benzene rings is 1. The fourth-order valence-corrected chi connectivity index (χ4v) is 2.03. The van der Waals surface area contributed by atoms with Crippen LogP contribution in [0.1, 0.15) is 11.4 Å². The predicted molar refractivity (Wildman–Crippen MR) is 71.5 cm³/mol. The fraction of sp³-hybridized carbons (Fsp3) is 0.333. The Balaban J connectivity index is 2.02. The van der Waals surface area contributed by atoms with Gasteiger partial charge >= 0.3 is 0 Å². The van der Waals surface area contributed by atoms with Gasteiger partial charge in [0.1, 0.15) is 12.2 Å². The van der Waals surface area contributed by atoms with Crippen LogP contribution in [0.2, 0.25) is 5.02 Å². The van der Waals surface area contributed by atoms with Crippen LogP contribution in [-0.2, 0) is 13.1 Å². The molecule has 7 heteroatoms. The first-order valence-corrected chi connectivity index (χ1v) is 6.07. The van der Waals surface area contributed by atoms with Crippen LogP contribution in [0, 0.1) is 0 Å². The van der Waals surface area contributed by atoms with Crippen LogP contribution < -0.4 is 14.8 Å². The van der Waals surface area contributed by atoms with Crippen molar-refractivity contribution < 1.29 is 9.47 Å². The highest BCUT2D eigenvalue weighted by molar-refractivity contribution is 6.32. The van der Waals surface area contributed by atoms with E-state index in [1.807, 2.05) is 12.1 Å². The topological polar surface area (TPSA) is 72.1 Å². The molecule has 1 aromatic heterocycles. The number of rotatable bonds is 6. The molecule has 102 valence electrons. The molecule has 0 spiro atoms. The van der Waals surface area contributed by atoms with Crippen LogP contribution in [0.4, 0.5) is 0 Å². The maximum Gasteiger partial charge on any atom is 0.179 e. The lowest BCUT2D eigenvalue weighted by atomic mass is 10.2. The molecule has 6 nitrogen and oxygen atoms in total. The monoisotopic (exact) mass is 282 g/mol. The second kappa shape index (κ2) is 6.40. The second-order valence-corrected chi connectivity index (χ2v) is 4.26. The smallest absolute Gasteiger partial charge is 0.179 e. The van der Waals surface area contributed by atoms with E-state index in [0.29, 0.717) is 29.6 Å². The van der Waals surface area contributed by atoms with E-state index in [1.54, 1.807) is 14.2 Å². The molecule has 0 bridgehead atoms. The SMILES string of the molecule is COc1cc(CNCc2ncn[nH]2)cc(Cl)c1OC. The molecular weight excluding hydrogens is 268 g/mol. The van der Waals surface area contributed by atoms with Crippen molar-refractivity contribution in [3.8, 4) is 11.5 Å². The first kappa shape index (κ1) is 13.6. The van der Waals surface area contributed by atoms with E-state index in [9.17, 15) is 0 Å². The second-order valence-electron chi connectivity index (χ2n) is 3.85. The third-order valence-electron chi connectivity index (χ3n) is 2.58. The normalized spacial score (nSPS) is 10.5. The summed E-state index contributed by atoms with van der Waals surface area (Å²) in [5.74, 6) is 1.95. The number of nitrogens with one attached hydrogen (secondary N) is 2. The Morgan fingerprint density at radius 1 is 1.26 bits per heavy atom. The summed E-state index contributed by atoms with van der Waals surface area (Å²) in [6, 6.07) is 3.73. The van der Waals surface area contributed by atoms with Crippen molar-refractivity contribution >= 4 is 11.6 Å². The molecule has 0 saturated heterocycles. The number of hydrogen-bond acceptors (Lipinski definition) is 5. The molecule has 1 heterocycles. The largest absolute Gasteiger partial charge is 0.493 e. The zero-order chi connectivity index (χ0) is 13.7. The molecular formula is C12H15ClN4O2. The van der Waals surface area contributed by atoms with Crippen molar-refractivity contribution in [2.24, 2.45) is 0 Å². The van der Waals surface area contributed by atoms with Gasteiger partial charge in [-0.2, -0.15) is 5.10 Å². The van der Waals surface area contributed by atoms with Gasteiger partial charge in [-0.1, -0.05) is 11.6 Å². The lowest BCUT2D eigenvalue weighted by Gasteiger charge is -2.12. The summed E-state index contributed by atoms with van der Waals surface area (Å²) in [7, 11) is 3.14. The van der Waals surface area contributed by atoms with E-state index < -0.39 is 0 Å². The third kappa shape index (κ3) is 3.36. The van der Waals surface area contributed by atoms with Gasteiger partial charge < -0.3 is 14.8 Å². The summed E-state index contributed by atoms with van der Waals surface area (Å²) >= 11 is 6.13. The van der Waals surface area contributed by atoms with E-state index in [0.717, 1.165) is 11.4 Å². The van der Waals surface area contributed by atoms with Gasteiger partial charge in [0.05, 0.1) is 25.8 Å². The van der Waals surface area contributed by atoms with Crippen molar-refractivity contribution in [1.29, 1.82) is 0 Å². The van der Waals surface area contributed by atoms with Crippen LogP contribution in [0.3, 0.4) is 0 Å². The van der Waals surface area contributed by atoms with Crippen LogP contribution in [0.5, 0.6) is 11.5 Å². The average Bonchev–Trinajstić information content (AvgIpc) is 2.91. The highest BCUT2D eigenvalue weighted by Crippen LogP contribution is 2.35. The van der Waals surface area contributed by atoms with Crippen molar-refractivity contribution in [3.05, 3.63) is 34.9 Å². The Morgan fingerprint density at radius 2 is 2.11 bits per heavy atom. The van der Waals surface area contributed by atoms with Gasteiger partial charge in [-0.15, -0.1) is 0 Å². The van der Waals surface area contributed by atoms with Gasteiger partial charge in [-0.05, 0) is 17.7 Å². The quantitative estimate of drug-likeness (QED) is 0.845. The van der Waals surface area contributed by atoms with E-state index in [4.69, 9.17) is 21.1 Å². The first-order chi connectivity index (χ1) is 9.24. The number of hydrogen-bond donors (Lipinski definition) is 2. The van der Waals surface area contributed by atoms with Crippen LogP contribution in [-0.4, -0.2) is 29.4 Å². The molecule has 2 aromatic rings. The average molecular weight is 283 g/mol. The molecule has 0 aliphatic heterocycles. The number of nitrogens with zero attached hydrogens (tertiary/aromatic N) is 2. The van der Waals surface area contributed by atoms with Gasteiger partial charge in [0.15, 0.2) is 11.5 Å². The molecule has 0 saturated carbocycles. The molecule has 0 unspecified atom stereocenters. The van der Waals surface area contributed by atoms with Gasteiger partial charge in [0.2, 0.25) is 0 Å². The van der Waals surface area contributed by atoms with Crippen LogP contribution in [0.25, 0.3) is 0 Å². The molecule has 0 amide bonds. The summed E-state index contributed by atoms with van der Waals surface area (Å²) in [5, 5.41) is 10.3. The lowest BCUT2D eigenvalue weighted by molar-refractivity contribution is 0.354. The van der Waals surface area contributed by atoms with Crippen LogP contribution in [0.15, 0.2) is 18.5 Å². The lowest BCUT2D eigenvalue weighted by Crippen LogP contribution is -2.14. The van der Waals surface area contributed by atoms with Gasteiger partial charge in [0, 0.05) is 6.54 Å². The maximum absolute atomic E-state index is 6.13. The minimum Gasteiger partial charge on any atom is -0.493 e. The molecule has 0 aliphatic carbocycles. The summed E-state index contributed by atoms with van der Waals surface area (Å²) in [6.07, 6.45) is 1.48. The molecule has 0 fully saturated rings. The zero-order valence-electron chi connectivity index (χ0n) is 10.7. The van der Waals surface area contributed by atoms with E-state index in [1.165, 1.54) is 6.33 Å². The number of methoxy groups -OCH3 is 2.